The lowest BCUT2D eigenvalue weighted by Gasteiger charge is -2.03. The zero-order valence-corrected chi connectivity index (χ0v) is 7.88. The van der Waals surface area contributed by atoms with Crippen LogP contribution in [-0.4, -0.2) is 21.5 Å². The van der Waals surface area contributed by atoms with Gasteiger partial charge in [-0.1, -0.05) is 0 Å². The molecule has 0 aliphatic carbocycles. The van der Waals surface area contributed by atoms with Crippen LogP contribution < -0.4 is 10.0 Å². The van der Waals surface area contributed by atoms with Gasteiger partial charge in [0.05, 0.1) is 4.47 Å². The zero-order valence-electron chi connectivity index (χ0n) is 5.13. The maximum absolute atomic E-state index is 5.42. The third-order valence-electron chi connectivity index (χ3n) is 1.03. The van der Waals surface area contributed by atoms with Crippen LogP contribution >= 0.6 is 15.9 Å². The van der Waals surface area contributed by atoms with Gasteiger partial charge in [-0.15, -0.1) is 0 Å². The van der Waals surface area contributed by atoms with Gasteiger partial charge in [0.1, 0.15) is 5.82 Å². The van der Waals surface area contributed by atoms with Gasteiger partial charge in [0, 0.05) is 18.0 Å². The molecule has 0 saturated heterocycles. The molecule has 0 bridgehead atoms. The normalized spacial score (nSPS) is 9.30. The Labute approximate surface area is 75.8 Å². The molecule has 50 valence electrons. The minimum absolute atomic E-state index is 0.508. The number of halogens is 1. The predicted molar refractivity (Wildman–Crippen MR) is 45.7 cm³/mol. The van der Waals surface area contributed by atoms with Gasteiger partial charge in [-0.3, -0.25) is 0 Å². The first-order valence-electron chi connectivity index (χ1n) is 2.61. The molecule has 1 heterocycles. The standard InChI is InChI=1S/C5H5BrN3.Al/c6-3-2-9-5(8)1-4(3)7;/h1-2H,(H3-,7,8,9);/q-1;+1. The van der Waals surface area contributed by atoms with Gasteiger partial charge in [-0.25, -0.2) is 4.98 Å². The van der Waals surface area contributed by atoms with Gasteiger partial charge in [-0.2, -0.15) is 0 Å². The first-order valence-corrected chi connectivity index (χ1v) is 3.98. The molecule has 3 N–H and O–H groups in total. The molecule has 0 amide bonds. The minimum Gasteiger partial charge on any atom is -0.490 e. The average molecular weight is 214 g/mol. The van der Waals surface area contributed by atoms with Crippen molar-refractivity contribution in [1.29, 1.82) is 0 Å². The molecule has 1 rings (SSSR count). The van der Waals surface area contributed by atoms with Gasteiger partial charge < -0.3 is 10.0 Å². The van der Waals surface area contributed by atoms with Crippen LogP contribution in [-0.2, 0) is 0 Å². The summed E-state index contributed by atoms with van der Waals surface area (Å²) in [7, 11) is 0. The van der Waals surface area contributed by atoms with Crippen molar-refractivity contribution in [3.05, 3.63) is 16.7 Å². The van der Waals surface area contributed by atoms with Gasteiger partial charge in [0.2, 0.25) is 0 Å². The van der Waals surface area contributed by atoms with Crippen LogP contribution in [0.3, 0.4) is 0 Å². The van der Waals surface area contributed by atoms with Crippen LogP contribution in [0.15, 0.2) is 16.7 Å². The van der Waals surface area contributed by atoms with Crippen molar-refractivity contribution in [3.63, 3.8) is 0 Å². The van der Waals surface area contributed by atoms with Crippen molar-refractivity contribution in [1.82, 2.24) is 4.98 Å². The SMILES string of the molecule is Nc1cc([NH][Al])c(Br)cn1. The van der Waals surface area contributed by atoms with Crippen molar-refractivity contribution >= 4 is 43.9 Å². The second-order valence-electron chi connectivity index (χ2n) is 1.73. The molecule has 1 aromatic rings. The fourth-order valence-electron chi connectivity index (χ4n) is 0.565. The summed E-state index contributed by atoms with van der Waals surface area (Å²) in [4.78, 5) is 3.87. The molecule has 10 heavy (non-hydrogen) atoms. The highest BCUT2D eigenvalue weighted by Crippen LogP contribution is 2.21. The Morgan fingerprint density at radius 1 is 1.70 bits per heavy atom. The Morgan fingerprint density at radius 3 is 2.90 bits per heavy atom. The van der Waals surface area contributed by atoms with Crippen LogP contribution in [0.5, 0.6) is 0 Å². The number of aromatic nitrogens is 1. The van der Waals surface area contributed by atoms with E-state index in [1.807, 2.05) is 0 Å². The average Bonchev–Trinajstić information content (AvgIpc) is 1.94. The van der Waals surface area contributed by atoms with Crippen LogP contribution in [0.25, 0.3) is 0 Å². The molecule has 3 nitrogen and oxygen atoms in total. The summed E-state index contributed by atoms with van der Waals surface area (Å²) in [5, 5.41) is 0. The first-order chi connectivity index (χ1) is 4.74. The van der Waals surface area contributed by atoms with E-state index in [9.17, 15) is 0 Å². The van der Waals surface area contributed by atoms with E-state index < -0.39 is 0 Å². The molecule has 1 aromatic heterocycles. The molecule has 0 saturated carbocycles. The molecule has 0 fully saturated rings. The topological polar surface area (TPSA) is 50.9 Å². The van der Waals surface area contributed by atoms with Crippen molar-refractivity contribution in [2.45, 2.75) is 0 Å². The van der Waals surface area contributed by atoms with E-state index in [1.54, 1.807) is 12.3 Å². The monoisotopic (exact) mass is 213 g/mol. The summed E-state index contributed by atoms with van der Waals surface area (Å²) in [5.41, 5.74) is 6.34. The molecule has 2 radical (unpaired) electrons. The summed E-state index contributed by atoms with van der Waals surface area (Å²) in [6.45, 7) is 0. The number of rotatable bonds is 1. The highest BCUT2D eigenvalue weighted by Gasteiger charge is 1.95. The second kappa shape index (κ2) is 3.24. The van der Waals surface area contributed by atoms with Crippen molar-refractivity contribution in [2.24, 2.45) is 0 Å². The minimum atomic E-state index is 0.508. The van der Waals surface area contributed by atoms with E-state index in [0.29, 0.717) is 5.82 Å². The Kier molecular flexibility index (Phi) is 2.55. The third-order valence-corrected chi connectivity index (χ3v) is 1.97. The summed E-state index contributed by atoms with van der Waals surface area (Å²) in [6.07, 6.45) is 1.65. The molecule has 5 heteroatoms. The number of nitrogen functional groups attached to an aromatic ring is 1. The Morgan fingerprint density at radius 2 is 2.40 bits per heavy atom. The van der Waals surface area contributed by atoms with Crippen molar-refractivity contribution in [3.8, 4) is 0 Å². The van der Waals surface area contributed by atoms with Crippen molar-refractivity contribution < 1.29 is 0 Å². The molecule has 0 aromatic carbocycles. The smallest absolute Gasteiger partial charge is 0.305 e. The maximum atomic E-state index is 5.42. The molecule has 0 aliphatic heterocycles. The Hall–Kier alpha value is -0.238. The summed E-state index contributed by atoms with van der Waals surface area (Å²) < 4.78 is 3.79. The first kappa shape index (κ1) is 7.86. The van der Waals surface area contributed by atoms with Gasteiger partial charge in [0.25, 0.3) is 0 Å². The van der Waals surface area contributed by atoms with E-state index in [-0.39, 0.29) is 0 Å². The summed E-state index contributed by atoms with van der Waals surface area (Å²) >= 11 is 5.68. The Balaban J connectivity index is 3.09. The fraction of sp³-hybridized carbons (Fsp3) is 0. The maximum Gasteiger partial charge on any atom is 0.305 e. The number of nitrogens with two attached hydrogens (primary N) is 1. The summed E-state index contributed by atoms with van der Waals surface area (Å²) in [6, 6.07) is 1.75. The number of hydrogen-bond donors (Lipinski definition) is 2. The number of anilines is 2. The molecule has 0 unspecified atom stereocenters. The van der Waals surface area contributed by atoms with Crippen LogP contribution in [0.4, 0.5) is 11.5 Å². The van der Waals surface area contributed by atoms with Crippen LogP contribution in [0, 0.1) is 0 Å². The molecular weight excluding hydrogens is 209 g/mol. The molecule has 0 aliphatic rings. The van der Waals surface area contributed by atoms with E-state index in [1.165, 1.54) is 0 Å². The molecule has 0 spiro atoms. The largest absolute Gasteiger partial charge is 0.490 e. The van der Waals surface area contributed by atoms with E-state index in [4.69, 9.17) is 5.73 Å². The lowest BCUT2D eigenvalue weighted by Crippen LogP contribution is -1.95. The zero-order chi connectivity index (χ0) is 7.56. The van der Waals surface area contributed by atoms with E-state index in [0.717, 1.165) is 10.2 Å². The second-order valence-corrected chi connectivity index (χ2v) is 2.88. The third kappa shape index (κ3) is 1.63. The van der Waals surface area contributed by atoms with Gasteiger partial charge in [-0.05, 0) is 15.9 Å². The number of pyridine rings is 1. The predicted octanol–water partition coefficient (Wildman–Crippen LogP) is 0.922. The fourth-order valence-corrected chi connectivity index (χ4v) is 1.35. The summed E-state index contributed by atoms with van der Waals surface area (Å²) in [5.74, 6) is 0.508. The van der Waals surface area contributed by atoms with Gasteiger partial charge in [0.15, 0.2) is 0 Å². The van der Waals surface area contributed by atoms with Crippen LogP contribution in [0.1, 0.15) is 0 Å². The quantitative estimate of drug-likeness (QED) is 0.683. The Bertz CT molecular complexity index is 240. The van der Waals surface area contributed by atoms with Crippen LogP contribution in [0.2, 0.25) is 0 Å². The number of nitrogens with one attached hydrogen (secondary N) is 1. The lowest BCUT2D eigenvalue weighted by molar-refractivity contribution is 1.32. The van der Waals surface area contributed by atoms with Gasteiger partial charge >= 0.3 is 16.5 Å². The van der Waals surface area contributed by atoms with Crippen molar-refractivity contribution in [2.75, 3.05) is 10.0 Å². The molecule has 0 atom stereocenters. The van der Waals surface area contributed by atoms with E-state index in [2.05, 4.69) is 41.7 Å². The lowest BCUT2D eigenvalue weighted by atomic mass is 10.4. The van der Waals surface area contributed by atoms with E-state index >= 15 is 0 Å². The molecular formula is C5H5AlBrN3. The highest BCUT2D eigenvalue weighted by molar-refractivity contribution is 9.10. The number of nitrogens with zero attached hydrogens (tertiary/aromatic N) is 1. The highest BCUT2D eigenvalue weighted by atomic mass is 79.9. The number of hydrogen-bond acceptors (Lipinski definition) is 3.